The first kappa shape index (κ1) is 35.4. The summed E-state index contributed by atoms with van der Waals surface area (Å²) in [5.41, 5.74) is 5.63. The number of nitrogens with zero attached hydrogens (tertiary/aromatic N) is 1. The summed E-state index contributed by atoms with van der Waals surface area (Å²) in [7, 11) is 0. The van der Waals surface area contributed by atoms with Gasteiger partial charge in [0.25, 0.3) is 11.8 Å². The number of aliphatic hydroxyl groups excluding tert-OH is 1. The van der Waals surface area contributed by atoms with Gasteiger partial charge >= 0.3 is 0 Å². The standard InChI is InChI=1S/C35H47N5O7/c1-35(2,3)39-33(45)28-19-23-14-10-11-17-27(23)40(28)34(46)31(43)25(18-22-12-6-4-7-13-22)38-32(44)26(20-29(36)41)37-30(42)21-47-24-15-8-5-9-16-24/h4-9,12-13,15-16,23,25-28,31,43H,10-11,14,17-21H2,1-3H3,(H2,36,41)(H,37,42)(H,38,44)(H,39,45)/t23-,25-,26-,27-,28-,31-/m0/s1. The number of nitrogens with two attached hydrogens (primary N) is 1. The molecular formula is C35H47N5O7. The van der Waals surface area contributed by atoms with Crippen molar-refractivity contribution in [1.29, 1.82) is 0 Å². The zero-order chi connectivity index (χ0) is 34.1. The molecule has 47 heavy (non-hydrogen) atoms. The summed E-state index contributed by atoms with van der Waals surface area (Å²) in [6, 6.07) is 14.1. The molecule has 0 bridgehead atoms. The van der Waals surface area contributed by atoms with Gasteiger partial charge in [0.2, 0.25) is 17.7 Å². The molecule has 4 rings (SSSR count). The number of rotatable bonds is 13. The Kier molecular flexibility index (Phi) is 12.0. The second-order valence-corrected chi connectivity index (χ2v) is 13.5. The molecule has 6 N–H and O–H groups in total. The van der Waals surface area contributed by atoms with Crippen LogP contribution in [0, 0.1) is 5.92 Å². The minimum absolute atomic E-state index is 0.0641. The molecule has 254 valence electrons. The quantitative estimate of drug-likeness (QED) is 0.219. The Balaban J connectivity index is 1.55. The smallest absolute Gasteiger partial charge is 0.258 e. The van der Waals surface area contributed by atoms with Gasteiger partial charge in [0, 0.05) is 11.6 Å². The van der Waals surface area contributed by atoms with E-state index in [9.17, 15) is 29.1 Å². The maximum Gasteiger partial charge on any atom is 0.258 e. The molecule has 0 unspecified atom stereocenters. The summed E-state index contributed by atoms with van der Waals surface area (Å²) in [6.07, 6.45) is 1.84. The lowest BCUT2D eigenvalue weighted by atomic mass is 9.84. The van der Waals surface area contributed by atoms with Gasteiger partial charge in [-0.05, 0) is 70.1 Å². The van der Waals surface area contributed by atoms with Gasteiger partial charge < -0.3 is 36.4 Å². The number of hydrogen-bond acceptors (Lipinski definition) is 7. The van der Waals surface area contributed by atoms with Gasteiger partial charge in [-0.25, -0.2) is 0 Å². The van der Waals surface area contributed by atoms with Crippen LogP contribution >= 0.6 is 0 Å². The molecule has 0 spiro atoms. The number of carbonyl (C=O) groups excluding carboxylic acids is 5. The summed E-state index contributed by atoms with van der Waals surface area (Å²) >= 11 is 0. The fourth-order valence-corrected chi connectivity index (χ4v) is 6.49. The van der Waals surface area contributed by atoms with Crippen molar-refractivity contribution in [2.24, 2.45) is 11.7 Å². The Bertz CT molecular complexity index is 1400. The zero-order valence-electron chi connectivity index (χ0n) is 27.3. The van der Waals surface area contributed by atoms with Crippen LogP contribution in [0.15, 0.2) is 60.7 Å². The van der Waals surface area contributed by atoms with Crippen molar-refractivity contribution in [1.82, 2.24) is 20.9 Å². The number of benzene rings is 2. The van der Waals surface area contributed by atoms with E-state index < -0.39 is 66.4 Å². The molecule has 0 aromatic heterocycles. The Morgan fingerprint density at radius 2 is 1.60 bits per heavy atom. The van der Waals surface area contributed by atoms with Gasteiger partial charge in [-0.3, -0.25) is 24.0 Å². The molecule has 1 aliphatic heterocycles. The number of nitrogens with one attached hydrogen (secondary N) is 3. The minimum atomic E-state index is -1.73. The average Bonchev–Trinajstić information content (AvgIpc) is 3.42. The Morgan fingerprint density at radius 1 is 0.957 bits per heavy atom. The van der Waals surface area contributed by atoms with E-state index in [1.165, 1.54) is 4.90 Å². The number of hydrogen-bond donors (Lipinski definition) is 5. The van der Waals surface area contributed by atoms with Crippen molar-refractivity contribution < 1.29 is 33.8 Å². The van der Waals surface area contributed by atoms with Crippen LogP contribution in [-0.2, 0) is 30.4 Å². The number of ether oxygens (including phenoxy) is 1. The third-order valence-electron chi connectivity index (χ3n) is 8.57. The van der Waals surface area contributed by atoms with Gasteiger partial charge in [-0.15, -0.1) is 0 Å². The highest BCUT2D eigenvalue weighted by Crippen LogP contribution is 2.40. The molecule has 1 heterocycles. The summed E-state index contributed by atoms with van der Waals surface area (Å²) in [5, 5.41) is 19.9. The summed E-state index contributed by atoms with van der Waals surface area (Å²) in [5.74, 6) is -2.66. The van der Waals surface area contributed by atoms with Crippen LogP contribution in [0.2, 0.25) is 0 Å². The fraction of sp³-hybridized carbons (Fsp3) is 0.514. The Morgan fingerprint density at radius 3 is 2.23 bits per heavy atom. The third-order valence-corrected chi connectivity index (χ3v) is 8.57. The largest absolute Gasteiger partial charge is 0.484 e. The van der Waals surface area contributed by atoms with Gasteiger partial charge in [-0.1, -0.05) is 61.4 Å². The van der Waals surface area contributed by atoms with E-state index in [-0.39, 0.29) is 24.3 Å². The van der Waals surface area contributed by atoms with Crippen molar-refractivity contribution in [2.45, 2.75) is 102 Å². The number of fused-ring (bicyclic) bond motifs is 1. The first-order chi connectivity index (χ1) is 22.3. The third kappa shape index (κ3) is 10.0. The molecule has 5 amide bonds. The van der Waals surface area contributed by atoms with E-state index in [0.717, 1.165) is 31.2 Å². The highest BCUT2D eigenvalue weighted by atomic mass is 16.5. The van der Waals surface area contributed by atoms with Crippen molar-refractivity contribution in [3.8, 4) is 5.75 Å². The number of carbonyl (C=O) groups is 5. The monoisotopic (exact) mass is 649 g/mol. The average molecular weight is 650 g/mol. The van der Waals surface area contributed by atoms with E-state index >= 15 is 0 Å². The van der Waals surface area contributed by atoms with Crippen LogP contribution < -0.4 is 26.4 Å². The second-order valence-electron chi connectivity index (χ2n) is 13.5. The predicted molar refractivity (Wildman–Crippen MR) is 175 cm³/mol. The first-order valence-electron chi connectivity index (χ1n) is 16.2. The van der Waals surface area contributed by atoms with E-state index in [2.05, 4.69) is 16.0 Å². The van der Waals surface area contributed by atoms with Crippen molar-refractivity contribution in [3.05, 3.63) is 66.2 Å². The van der Waals surface area contributed by atoms with Crippen LogP contribution in [0.1, 0.15) is 64.9 Å². The molecule has 2 aromatic rings. The molecule has 12 heteroatoms. The first-order valence-corrected chi connectivity index (χ1v) is 16.2. The summed E-state index contributed by atoms with van der Waals surface area (Å²) in [4.78, 5) is 67.5. The number of primary amides is 1. The van der Waals surface area contributed by atoms with Crippen molar-refractivity contribution in [2.75, 3.05) is 6.61 Å². The molecule has 6 atom stereocenters. The van der Waals surface area contributed by atoms with Gasteiger partial charge in [0.1, 0.15) is 17.8 Å². The Labute approximate surface area is 275 Å². The van der Waals surface area contributed by atoms with Gasteiger partial charge in [0.15, 0.2) is 12.7 Å². The number of para-hydroxylation sites is 1. The molecule has 1 saturated heterocycles. The zero-order valence-corrected chi connectivity index (χ0v) is 27.3. The highest BCUT2D eigenvalue weighted by molar-refractivity contribution is 5.94. The van der Waals surface area contributed by atoms with Crippen LogP contribution in [0.3, 0.4) is 0 Å². The molecular weight excluding hydrogens is 602 g/mol. The molecule has 2 fully saturated rings. The van der Waals surface area contributed by atoms with Crippen molar-refractivity contribution in [3.63, 3.8) is 0 Å². The van der Waals surface area contributed by atoms with Crippen LogP contribution in [0.5, 0.6) is 5.75 Å². The predicted octanol–water partition coefficient (Wildman–Crippen LogP) is 1.59. The van der Waals surface area contributed by atoms with Gasteiger partial charge in [0.05, 0.1) is 12.5 Å². The van der Waals surface area contributed by atoms with Crippen LogP contribution in [0.25, 0.3) is 0 Å². The number of amides is 5. The molecule has 2 aromatic carbocycles. The second kappa shape index (κ2) is 15.9. The number of aliphatic hydroxyl groups is 1. The molecule has 1 aliphatic carbocycles. The molecule has 12 nitrogen and oxygen atoms in total. The van der Waals surface area contributed by atoms with Gasteiger partial charge in [-0.2, -0.15) is 0 Å². The lowest BCUT2D eigenvalue weighted by Crippen LogP contribution is -2.60. The van der Waals surface area contributed by atoms with E-state index in [4.69, 9.17) is 10.5 Å². The van der Waals surface area contributed by atoms with Crippen LogP contribution in [0.4, 0.5) is 0 Å². The van der Waals surface area contributed by atoms with E-state index in [1.54, 1.807) is 54.6 Å². The number of likely N-dealkylation sites (tertiary alicyclic amines) is 1. The molecule has 2 aliphatic rings. The van der Waals surface area contributed by atoms with Crippen LogP contribution in [-0.4, -0.2) is 82.0 Å². The SMILES string of the molecule is CC(C)(C)NC(=O)[C@@H]1C[C@@H]2CCCC[C@@H]2N1C(=O)[C@@H](O)[C@H](Cc1ccccc1)NC(=O)[C@H](CC(N)=O)NC(=O)COc1ccccc1. The molecule has 0 radical (unpaired) electrons. The van der Waals surface area contributed by atoms with E-state index in [1.807, 2.05) is 26.8 Å². The Hall–Kier alpha value is -4.45. The topological polar surface area (TPSA) is 180 Å². The highest BCUT2D eigenvalue weighted by Gasteiger charge is 2.50. The molecule has 1 saturated carbocycles. The maximum atomic E-state index is 14.2. The maximum absolute atomic E-state index is 14.2. The van der Waals surface area contributed by atoms with E-state index in [0.29, 0.717) is 12.2 Å². The minimum Gasteiger partial charge on any atom is -0.484 e. The summed E-state index contributed by atoms with van der Waals surface area (Å²) < 4.78 is 5.46. The summed E-state index contributed by atoms with van der Waals surface area (Å²) in [6.45, 7) is 5.19. The van der Waals surface area contributed by atoms with Crippen molar-refractivity contribution >= 4 is 29.5 Å². The fourth-order valence-electron chi connectivity index (χ4n) is 6.49. The lowest BCUT2D eigenvalue weighted by Gasteiger charge is -2.37. The normalized spacial score (nSPS) is 21.0. The lowest BCUT2D eigenvalue weighted by molar-refractivity contribution is -0.150.